The average molecular weight is 244 g/mol. The van der Waals surface area contributed by atoms with Gasteiger partial charge in [0, 0.05) is 6.20 Å². The minimum atomic E-state index is 0.624. The van der Waals surface area contributed by atoms with Gasteiger partial charge < -0.3 is 0 Å². The van der Waals surface area contributed by atoms with Gasteiger partial charge in [0.15, 0.2) is 5.82 Å². The molecule has 0 saturated heterocycles. The molecule has 3 aromatic rings. The lowest BCUT2D eigenvalue weighted by Crippen LogP contribution is -2.00. The Morgan fingerprint density at radius 3 is 2.76 bits per heavy atom. The standard InChI is InChI=1S/C13H10ClN3/c1-9-16-11-6-2-3-7-12(11)17(9)13-10(14)5-4-8-15-13/h2-8H,1H3. The number of pyridine rings is 1. The molecule has 3 rings (SSSR count). The van der Waals surface area contributed by atoms with Gasteiger partial charge in [0.1, 0.15) is 5.82 Å². The lowest BCUT2D eigenvalue weighted by Gasteiger charge is -2.06. The second-order valence-corrected chi connectivity index (χ2v) is 4.20. The van der Waals surface area contributed by atoms with Crippen molar-refractivity contribution < 1.29 is 0 Å². The highest BCUT2D eigenvalue weighted by Gasteiger charge is 2.11. The number of rotatable bonds is 1. The average Bonchev–Trinajstić information content (AvgIpc) is 2.66. The number of halogens is 1. The zero-order valence-corrected chi connectivity index (χ0v) is 10.0. The summed E-state index contributed by atoms with van der Waals surface area (Å²) in [5, 5.41) is 0.624. The molecule has 0 saturated carbocycles. The van der Waals surface area contributed by atoms with Crippen LogP contribution in [-0.2, 0) is 0 Å². The Morgan fingerprint density at radius 2 is 1.94 bits per heavy atom. The van der Waals surface area contributed by atoms with E-state index in [1.54, 1.807) is 6.20 Å². The van der Waals surface area contributed by atoms with Crippen molar-refractivity contribution in [2.75, 3.05) is 0 Å². The number of hydrogen-bond donors (Lipinski definition) is 0. The molecule has 0 bridgehead atoms. The molecule has 0 amide bonds. The normalized spacial score (nSPS) is 10.9. The van der Waals surface area contributed by atoms with Gasteiger partial charge in [-0.25, -0.2) is 9.97 Å². The van der Waals surface area contributed by atoms with Crippen molar-refractivity contribution in [1.82, 2.24) is 14.5 Å². The summed E-state index contributed by atoms with van der Waals surface area (Å²) in [5.41, 5.74) is 1.97. The van der Waals surface area contributed by atoms with Crippen molar-refractivity contribution in [3.05, 3.63) is 53.4 Å². The molecule has 2 heterocycles. The Morgan fingerprint density at radius 1 is 1.12 bits per heavy atom. The van der Waals surface area contributed by atoms with Crippen molar-refractivity contribution in [2.45, 2.75) is 6.92 Å². The van der Waals surface area contributed by atoms with Crippen LogP contribution >= 0.6 is 11.6 Å². The van der Waals surface area contributed by atoms with Crippen LogP contribution in [0.3, 0.4) is 0 Å². The monoisotopic (exact) mass is 243 g/mol. The Hall–Kier alpha value is -1.87. The van der Waals surface area contributed by atoms with Crippen molar-refractivity contribution in [3.8, 4) is 5.82 Å². The van der Waals surface area contributed by atoms with Crippen LogP contribution in [0, 0.1) is 6.92 Å². The first-order valence-corrected chi connectivity index (χ1v) is 5.70. The van der Waals surface area contributed by atoms with Gasteiger partial charge in [-0.3, -0.25) is 4.57 Å². The predicted octanol–water partition coefficient (Wildman–Crippen LogP) is 3.38. The first-order chi connectivity index (χ1) is 8.27. The fraction of sp³-hybridized carbons (Fsp3) is 0.0769. The highest BCUT2D eigenvalue weighted by Crippen LogP contribution is 2.24. The van der Waals surface area contributed by atoms with E-state index in [2.05, 4.69) is 9.97 Å². The molecule has 0 aliphatic rings. The molecule has 2 aromatic heterocycles. The highest BCUT2D eigenvalue weighted by atomic mass is 35.5. The Bertz CT molecular complexity index is 688. The summed E-state index contributed by atoms with van der Waals surface area (Å²) in [6, 6.07) is 11.6. The van der Waals surface area contributed by atoms with E-state index in [1.807, 2.05) is 47.9 Å². The molecule has 0 unspecified atom stereocenters. The van der Waals surface area contributed by atoms with Crippen LogP contribution < -0.4 is 0 Å². The third kappa shape index (κ3) is 1.59. The van der Waals surface area contributed by atoms with Gasteiger partial charge in [-0.05, 0) is 31.2 Å². The van der Waals surface area contributed by atoms with Crippen LogP contribution in [0.5, 0.6) is 0 Å². The number of para-hydroxylation sites is 2. The van der Waals surface area contributed by atoms with Crippen molar-refractivity contribution in [3.63, 3.8) is 0 Å². The molecule has 0 N–H and O–H groups in total. The van der Waals surface area contributed by atoms with E-state index < -0.39 is 0 Å². The van der Waals surface area contributed by atoms with Gasteiger partial charge in [0.05, 0.1) is 16.1 Å². The van der Waals surface area contributed by atoms with E-state index in [4.69, 9.17) is 11.6 Å². The fourth-order valence-corrected chi connectivity index (χ4v) is 2.16. The summed E-state index contributed by atoms with van der Waals surface area (Å²) in [5.74, 6) is 1.60. The van der Waals surface area contributed by atoms with Gasteiger partial charge in [-0.15, -0.1) is 0 Å². The van der Waals surface area contributed by atoms with E-state index in [0.29, 0.717) is 5.02 Å². The Balaban J connectivity index is 2.38. The fourth-order valence-electron chi connectivity index (χ4n) is 1.96. The van der Waals surface area contributed by atoms with Crippen LogP contribution in [0.2, 0.25) is 5.02 Å². The van der Waals surface area contributed by atoms with Gasteiger partial charge in [0.2, 0.25) is 0 Å². The van der Waals surface area contributed by atoms with Crippen molar-refractivity contribution >= 4 is 22.6 Å². The summed E-state index contributed by atoms with van der Waals surface area (Å²) in [7, 11) is 0. The molecule has 0 fully saturated rings. The molecule has 1 aromatic carbocycles. The van der Waals surface area contributed by atoms with Crippen LogP contribution in [0.4, 0.5) is 0 Å². The van der Waals surface area contributed by atoms with E-state index in [9.17, 15) is 0 Å². The first-order valence-electron chi connectivity index (χ1n) is 5.32. The van der Waals surface area contributed by atoms with Crippen LogP contribution in [0.25, 0.3) is 16.9 Å². The number of nitrogens with zero attached hydrogens (tertiary/aromatic N) is 3. The lowest BCUT2D eigenvalue weighted by molar-refractivity contribution is 0.957. The number of imidazole rings is 1. The van der Waals surface area contributed by atoms with E-state index in [1.165, 1.54) is 0 Å². The second-order valence-electron chi connectivity index (χ2n) is 3.79. The number of aromatic nitrogens is 3. The molecule has 0 radical (unpaired) electrons. The van der Waals surface area contributed by atoms with Crippen LogP contribution in [0.1, 0.15) is 5.82 Å². The van der Waals surface area contributed by atoms with Gasteiger partial charge >= 0.3 is 0 Å². The third-order valence-corrected chi connectivity index (χ3v) is 2.97. The SMILES string of the molecule is Cc1nc2ccccc2n1-c1ncccc1Cl. The molecule has 3 nitrogen and oxygen atoms in total. The summed E-state index contributed by atoms with van der Waals surface area (Å²) in [4.78, 5) is 8.82. The predicted molar refractivity (Wildman–Crippen MR) is 68.6 cm³/mol. The van der Waals surface area contributed by atoms with Crippen molar-refractivity contribution in [1.29, 1.82) is 0 Å². The minimum absolute atomic E-state index is 0.624. The minimum Gasteiger partial charge on any atom is -0.279 e. The highest BCUT2D eigenvalue weighted by molar-refractivity contribution is 6.32. The van der Waals surface area contributed by atoms with Gasteiger partial charge in [0.25, 0.3) is 0 Å². The molecular formula is C13H10ClN3. The van der Waals surface area contributed by atoms with Crippen molar-refractivity contribution in [2.24, 2.45) is 0 Å². The molecule has 0 aliphatic heterocycles. The number of benzene rings is 1. The van der Waals surface area contributed by atoms with E-state index in [0.717, 1.165) is 22.7 Å². The van der Waals surface area contributed by atoms with Gasteiger partial charge in [-0.2, -0.15) is 0 Å². The Kier molecular flexibility index (Phi) is 2.34. The maximum absolute atomic E-state index is 6.18. The lowest BCUT2D eigenvalue weighted by atomic mass is 10.3. The summed E-state index contributed by atoms with van der Waals surface area (Å²) < 4.78 is 1.97. The first kappa shape index (κ1) is 10.3. The third-order valence-electron chi connectivity index (χ3n) is 2.68. The Labute approximate surface area is 104 Å². The molecule has 0 atom stereocenters. The van der Waals surface area contributed by atoms with Crippen LogP contribution in [-0.4, -0.2) is 14.5 Å². The molecular weight excluding hydrogens is 234 g/mol. The molecule has 17 heavy (non-hydrogen) atoms. The summed E-state index contributed by atoms with van der Waals surface area (Å²) >= 11 is 6.18. The van der Waals surface area contributed by atoms with Gasteiger partial charge in [-0.1, -0.05) is 23.7 Å². The van der Waals surface area contributed by atoms with E-state index >= 15 is 0 Å². The maximum Gasteiger partial charge on any atom is 0.157 e. The quantitative estimate of drug-likeness (QED) is 0.656. The largest absolute Gasteiger partial charge is 0.279 e. The number of hydrogen-bond acceptors (Lipinski definition) is 2. The molecule has 4 heteroatoms. The topological polar surface area (TPSA) is 30.7 Å². The smallest absolute Gasteiger partial charge is 0.157 e. The summed E-state index contributed by atoms with van der Waals surface area (Å²) in [6.45, 7) is 1.95. The summed E-state index contributed by atoms with van der Waals surface area (Å²) in [6.07, 6.45) is 1.73. The molecule has 0 aliphatic carbocycles. The number of fused-ring (bicyclic) bond motifs is 1. The zero-order chi connectivity index (χ0) is 11.8. The van der Waals surface area contributed by atoms with Crippen LogP contribution in [0.15, 0.2) is 42.6 Å². The molecule has 0 spiro atoms. The second kappa shape index (κ2) is 3.86. The van der Waals surface area contributed by atoms with E-state index in [-0.39, 0.29) is 0 Å². The number of aryl methyl sites for hydroxylation is 1. The zero-order valence-electron chi connectivity index (χ0n) is 9.26. The molecule has 84 valence electrons. The maximum atomic E-state index is 6.18.